The highest BCUT2D eigenvalue weighted by atomic mass is 79.9. The molecule has 82 valence electrons. The van der Waals surface area contributed by atoms with E-state index in [1.54, 1.807) is 13.2 Å². The molecule has 1 saturated carbocycles. The lowest BCUT2D eigenvalue weighted by Crippen LogP contribution is -2.40. The van der Waals surface area contributed by atoms with Gasteiger partial charge in [0.25, 0.3) is 0 Å². The van der Waals surface area contributed by atoms with Gasteiger partial charge in [0.1, 0.15) is 11.5 Å². The molecule has 0 heterocycles. The van der Waals surface area contributed by atoms with E-state index in [0.29, 0.717) is 5.75 Å². The van der Waals surface area contributed by atoms with Crippen LogP contribution in [0.25, 0.3) is 0 Å². The van der Waals surface area contributed by atoms with Crippen molar-refractivity contribution >= 4 is 21.7 Å². The van der Waals surface area contributed by atoms with Gasteiger partial charge in [0, 0.05) is 22.9 Å². The van der Waals surface area contributed by atoms with E-state index in [0.717, 1.165) is 10.0 Å². The Bertz CT molecular complexity index is 482. The lowest BCUT2D eigenvalue weighted by Gasteiger charge is -2.35. The van der Waals surface area contributed by atoms with Crippen LogP contribution in [0.1, 0.15) is 18.4 Å². The predicted molar refractivity (Wildman–Crippen MR) is 62.2 cm³/mol. The van der Waals surface area contributed by atoms with Gasteiger partial charge in [-0.3, -0.25) is 4.79 Å². The topological polar surface area (TPSA) is 50.1 Å². The van der Waals surface area contributed by atoms with Gasteiger partial charge in [-0.15, -0.1) is 0 Å². The highest BCUT2D eigenvalue weighted by Gasteiger charge is 2.47. The van der Waals surface area contributed by atoms with Gasteiger partial charge in [-0.2, -0.15) is 5.26 Å². The number of carbonyl (C=O) groups is 1. The lowest BCUT2D eigenvalue weighted by molar-refractivity contribution is -0.126. The Morgan fingerprint density at radius 1 is 1.50 bits per heavy atom. The fourth-order valence-electron chi connectivity index (χ4n) is 2.01. The van der Waals surface area contributed by atoms with Crippen molar-refractivity contribution in [1.29, 1.82) is 5.26 Å². The molecule has 0 N–H and O–H groups in total. The quantitative estimate of drug-likeness (QED) is 0.836. The van der Waals surface area contributed by atoms with E-state index in [1.807, 2.05) is 12.1 Å². The van der Waals surface area contributed by atoms with E-state index >= 15 is 0 Å². The summed E-state index contributed by atoms with van der Waals surface area (Å²) in [6.45, 7) is 0. The molecule has 0 unspecified atom stereocenters. The molecule has 1 aliphatic rings. The molecule has 0 spiro atoms. The van der Waals surface area contributed by atoms with Gasteiger partial charge in [-0.05, 0) is 18.2 Å². The second-order valence-electron chi connectivity index (χ2n) is 3.93. The molecule has 0 aromatic heterocycles. The minimum absolute atomic E-state index is 0.128. The third-order valence-electron chi connectivity index (χ3n) is 2.89. The minimum Gasteiger partial charge on any atom is -0.496 e. The van der Waals surface area contributed by atoms with Crippen molar-refractivity contribution in [1.82, 2.24) is 0 Å². The van der Waals surface area contributed by atoms with Gasteiger partial charge >= 0.3 is 0 Å². The summed E-state index contributed by atoms with van der Waals surface area (Å²) < 4.78 is 6.12. The van der Waals surface area contributed by atoms with E-state index in [9.17, 15) is 10.1 Å². The zero-order valence-corrected chi connectivity index (χ0v) is 10.4. The van der Waals surface area contributed by atoms with Gasteiger partial charge in [0.2, 0.25) is 0 Å². The average Bonchev–Trinajstić information content (AvgIpc) is 2.24. The van der Waals surface area contributed by atoms with Crippen LogP contribution in [0, 0.1) is 11.3 Å². The second-order valence-corrected chi connectivity index (χ2v) is 4.85. The van der Waals surface area contributed by atoms with Crippen LogP contribution < -0.4 is 4.74 Å². The van der Waals surface area contributed by atoms with Crippen LogP contribution in [0.15, 0.2) is 22.7 Å². The van der Waals surface area contributed by atoms with Crippen molar-refractivity contribution in [3.63, 3.8) is 0 Å². The van der Waals surface area contributed by atoms with Crippen molar-refractivity contribution in [3.8, 4) is 11.8 Å². The van der Waals surface area contributed by atoms with Gasteiger partial charge in [0.05, 0.1) is 18.6 Å². The number of methoxy groups -OCH3 is 1. The number of hydrogen-bond donors (Lipinski definition) is 0. The number of rotatable bonds is 2. The lowest BCUT2D eigenvalue weighted by atomic mass is 9.64. The molecular weight excluding hydrogens is 270 g/mol. The van der Waals surface area contributed by atoms with Crippen LogP contribution in [0.2, 0.25) is 0 Å². The number of ether oxygens (including phenoxy) is 1. The summed E-state index contributed by atoms with van der Waals surface area (Å²) >= 11 is 3.37. The smallest absolute Gasteiger partial charge is 0.136 e. The van der Waals surface area contributed by atoms with E-state index in [2.05, 4.69) is 22.0 Å². The maximum atomic E-state index is 11.1. The Hall–Kier alpha value is -1.34. The Kier molecular flexibility index (Phi) is 2.73. The molecule has 3 nitrogen and oxygen atoms in total. The molecule has 1 aromatic carbocycles. The van der Waals surface area contributed by atoms with Gasteiger partial charge < -0.3 is 4.74 Å². The minimum atomic E-state index is -0.688. The Balaban J connectivity index is 2.50. The summed E-state index contributed by atoms with van der Waals surface area (Å²) in [4.78, 5) is 11.1. The molecule has 4 heteroatoms. The molecular formula is C12H10BrNO2. The molecule has 0 amide bonds. The van der Waals surface area contributed by atoms with Crippen LogP contribution in [0.5, 0.6) is 5.75 Å². The van der Waals surface area contributed by atoms with Crippen LogP contribution in [-0.4, -0.2) is 12.9 Å². The van der Waals surface area contributed by atoms with Gasteiger partial charge in [-0.25, -0.2) is 0 Å². The largest absolute Gasteiger partial charge is 0.496 e. The van der Waals surface area contributed by atoms with E-state index in [-0.39, 0.29) is 18.6 Å². The van der Waals surface area contributed by atoms with Crippen molar-refractivity contribution in [2.45, 2.75) is 18.3 Å². The highest BCUT2D eigenvalue weighted by molar-refractivity contribution is 9.10. The first-order valence-electron chi connectivity index (χ1n) is 4.88. The van der Waals surface area contributed by atoms with E-state index in [4.69, 9.17) is 4.74 Å². The number of carbonyl (C=O) groups excluding carboxylic acids is 1. The van der Waals surface area contributed by atoms with Crippen LogP contribution in [0.4, 0.5) is 0 Å². The molecule has 0 bridgehead atoms. The third-order valence-corrected chi connectivity index (χ3v) is 3.38. The summed E-state index contributed by atoms with van der Waals surface area (Å²) in [7, 11) is 1.57. The number of halogens is 1. The predicted octanol–water partition coefficient (Wildman–Crippen LogP) is 2.58. The number of hydrogen-bond acceptors (Lipinski definition) is 3. The normalized spacial score (nSPS) is 17.4. The summed E-state index contributed by atoms with van der Waals surface area (Å²) in [6.07, 6.45) is 0.576. The Morgan fingerprint density at radius 2 is 2.19 bits per heavy atom. The maximum absolute atomic E-state index is 11.1. The molecule has 16 heavy (non-hydrogen) atoms. The van der Waals surface area contributed by atoms with Crippen LogP contribution in [-0.2, 0) is 10.2 Å². The number of Topliss-reactive ketones (excluding diaryl/α,β-unsaturated/α-hetero) is 1. The van der Waals surface area contributed by atoms with Crippen molar-refractivity contribution in [3.05, 3.63) is 28.2 Å². The molecule has 1 aliphatic carbocycles. The molecule has 0 radical (unpaired) electrons. The number of ketones is 1. The van der Waals surface area contributed by atoms with Crippen LogP contribution in [0.3, 0.4) is 0 Å². The van der Waals surface area contributed by atoms with Crippen molar-refractivity contribution < 1.29 is 9.53 Å². The third kappa shape index (κ3) is 1.61. The summed E-state index contributed by atoms with van der Waals surface area (Å²) in [6, 6.07) is 7.76. The molecule has 0 atom stereocenters. The summed E-state index contributed by atoms with van der Waals surface area (Å²) in [5, 5.41) is 9.25. The number of nitrogens with zero attached hydrogens (tertiary/aromatic N) is 1. The van der Waals surface area contributed by atoms with Gasteiger partial charge in [0.15, 0.2) is 0 Å². The molecule has 0 saturated heterocycles. The monoisotopic (exact) mass is 279 g/mol. The molecule has 1 fully saturated rings. The zero-order valence-electron chi connectivity index (χ0n) is 8.79. The number of benzene rings is 1. The second kappa shape index (κ2) is 3.91. The van der Waals surface area contributed by atoms with Crippen molar-refractivity contribution in [2.24, 2.45) is 0 Å². The SMILES string of the molecule is COc1ccc(Br)cc1C1(C#N)CC(=O)C1. The van der Waals surface area contributed by atoms with E-state index in [1.165, 1.54) is 0 Å². The van der Waals surface area contributed by atoms with E-state index < -0.39 is 5.41 Å². The molecule has 2 rings (SSSR count). The molecule has 0 aliphatic heterocycles. The standard InChI is InChI=1S/C12H10BrNO2/c1-16-11-3-2-8(13)4-10(11)12(7-14)5-9(15)6-12/h2-4H,5-6H2,1H3. The van der Waals surface area contributed by atoms with Gasteiger partial charge in [-0.1, -0.05) is 15.9 Å². The summed E-state index contributed by atoms with van der Waals surface area (Å²) in [5.41, 5.74) is 0.109. The van der Waals surface area contributed by atoms with Crippen LogP contribution >= 0.6 is 15.9 Å². The number of nitriles is 1. The molecule has 1 aromatic rings. The summed E-state index contributed by atoms with van der Waals surface area (Å²) in [5.74, 6) is 0.792. The van der Waals surface area contributed by atoms with Crippen molar-refractivity contribution in [2.75, 3.05) is 7.11 Å². The first kappa shape index (κ1) is 11.2. The Labute approximate surface area is 102 Å². The highest BCUT2D eigenvalue weighted by Crippen LogP contribution is 2.45. The maximum Gasteiger partial charge on any atom is 0.136 e. The Morgan fingerprint density at radius 3 is 2.69 bits per heavy atom. The average molecular weight is 280 g/mol. The first-order valence-corrected chi connectivity index (χ1v) is 5.67. The zero-order chi connectivity index (χ0) is 11.8. The fraction of sp³-hybridized carbons (Fsp3) is 0.333. The fourth-order valence-corrected chi connectivity index (χ4v) is 2.37. The first-order chi connectivity index (χ1) is 7.61.